The lowest BCUT2D eigenvalue weighted by atomic mass is 10.0. The summed E-state index contributed by atoms with van der Waals surface area (Å²) in [5.74, 6) is -0.718. The highest BCUT2D eigenvalue weighted by molar-refractivity contribution is 7.89. The van der Waals surface area contributed by atoms with Crippen molar-refractivity contribution in [3.8, 4) is 0 Å². The van der Waals surface area contributed by atoms with E-state index in [2.05, 4.69) is 10.0 Å². The number of primary sulfonamides is 1. The summed E-state index contributed by atoms with van der Waals surface area (Å²) < 4.78 is 51.1. The monoisotopic (exact) mass is 489 g/mol. The van der Waals surface area contributed by atoms with Gasteiger partial charge in [0.05, 0.1) is 9.79 Å². The smallest absolute Gasteiger partial charge is 0.241 e. The molecule has 8 nitrogen and oxygen atoms in total. The molecule has 0 aliphatic rings. The van der Waals surface area contributed by atoms with E-state index in [1.54, 1.807) is 38.1 Å². The van der Waals surface area contributed by atoms with Crippen LogP contribution in [-0.4, -0.2) is 35.3 Å². The third kappa shape index (κ3) is 6.38. The van der Waals surface area contributed by atoms with Gasteiger partial charge in [-0.2, -0.15) is 4.72 Å². The second kappa shape index (κ2) is 10.0. The zero-order chi connectivity index (χ0) is 24.2. The maximum absolute atomic E-state index is 13.0. The highest BCUT2D eigenvalue weighted by atomic mass is 32.2. The Balaban J connectivity index is 1.65. The van der Waals surface area contributed by atoms with E-state index in [1.807, 2.05) is 24.3 Å². The van der Waals surface area contributed by atoms with Crippen LogP contribution in [0.2, 0.25) is 0 Å². The van der Waals surface area contributed by atoms with E-state index in [9.17, 15) is 21.6 Å². The van der Waals surface area contributed by atoms with Crippen molar-refractivity contribution in [3.05, 3.63) is 72.3 Å². The number of amides is 1. The van der Waals surface area contributed by atoms with Crippen LogP contribution in [0.15, 0.2) is 76.5 Å². The number of fused-ring (bicyclic) bond motifs is 1. The summed E-state index contributed by atoms with van der Waals surface area (Å²) in [6.07, 6.45) is 0.443. The SMILES string of the molecule is CC(C)C(NS(=O)(=O)c1ccc2ccccc2c1)C(=O)NCCc1ccc(S(N)(=O)=O)cc1. The fraction of sp³-hybridized carbons (Fsp3) is 0.261. The molecule has 0 bridgehead atoms. The number of carbonyl (C=O) groups is 1. The van der Waals surface area contributed by atoms with Gasteiger partial charge >= 0.3 is 0 Å². The Morgan fingerprint density at radius 3 is 2.09 bits per heavy atom. The molecule has 1 unspecified atom stereocenters. The Bertz CT molecular complexity index is 1350. The topological polar surface area (TPSA) is 135 Å². The van der Waals surface area contributed by atoms with Crippen LogP contribution in [0.25, 0.3) is 10.8 Å². The van der Waals surface area contributed by atoms with Crippen LogP contribution in [0.3, 0.4) is 0 Å². The molecule has 0 spiro atoms. The quantitative estimate of drug-likeness (QED) is 0.423. The van der Waals surface area contributed by atoms with Crippen LogP contribution in [0.5, 0.6) is 0 Å². The zero-order valence-electron chi connectivity index (χ0n) is 18.4. The molecule has 0 saturated heterocycles. The van der Waals surface area contributed by atoms with E-state index in [0.29, 0.717) is 6.42 Å². The first-order valence-electron chi connectivity index (χ1n) is 10.4. The van der Waals surface area contributed by atoms with Crippen LogP contribution >= 0.6 is 0 Å². The minimum Gasteiger partial charge on any atom is -0.354 e. The summed E-state index contributed by atoms with van der Waals surface area (Å²) in [5, 5.41) is 9.55. The average molecular weight is 490 g/mol. The molecule has 0 aliphatic heterocycles. The van der Waals surface area contributed by atoms with Crippen LogP contribution in [0, 0.1) is 5.92 Å². The number of rotatable bonds is 9. The molecule has 33 heavy (non-hydrogen) atoms. The molecule has 0 saturated carbocycles. The minimum atomic E-state index is -3.92. The second-order valence-corrected chi connectivity index (χ2v) is 11.4. The van der Waals surface area contributed by atoms with Crippen LogP contribution < -0.4 is 15.2 Å². The molecule has 0 aliphatic carbocycles. The summed E-state index contributed by atoms with van der Waals surface area (Å²) >= 11 is 0. The van der Waals surface area contributed by atoms with E-state index >= 15 is 0 Å². The lowest BCUT2D eigenvalue weighted by Crippen LogP contribution is -2.49. The van der Waals surface area contributed by atoms with Crippen LogP contribution in [0.4, 0.5) is 0 Å². The van der Waals surface area contributed by atoms with Crippen LogP contribution in [0.1, 0.15) is 19.4 Å². The number of sulfonamides is 2. The predicted molar refractivity (Wildman–Crippen MR) is 127 cm³/mol. The Morgan fingerprint density at radius 1 is 0.879 bits per heavy atom. The first-order chi connectivity index (χ1) is 15.5. The summed E-state index contributed by atoms with van der Waals surface area (Å²) in [7, 11) is -7.68. The molecule has 176 valence electrons. The molecule has 3 rings (SSSR count). The molecule has 1 amide bonds. The van der Waals surface area contributed by atoms with Crippen molar-refractivity contribution < 1.29 is 21.6 Å². The van der Waals surface area contributed by atoms with Crippen molar-refractivity contribution in [2.45, 2.75) is 36.1 Å². The molecule has 4 N–H and O–H groups in total. The summed E-state index contributed by atoms with van der Waals surface area (Å²) in [5.41, 5.74) is 0.806. The molecule has 0 fully saturated rings. The average Bonchev–Trinajstić information content (AvgIpc) is 2.76. The van der Waals surface area contributed by atoms with Crippen molar-refractivity contribution >= 4 is 36.7 Å². The predicted octanol–water partition coefficient (Wildman–Crippen LogP) is 2.15. The second-order valence-electron chi connectivity index (χ2n) is 8.08. The Hall–Kier alpha value is -2.79. The van der Waals surface area contributed by atoms with E-state index in [0.717, 1.165) is 16.3 Å². The van der Waals surface area contributed by atoms with Gasteiger partial charge in [0.15, 0.2) is 0 Å². The van der Waals surface area contributed by atoms with Crippen LogP contribution in [-0.2, 0) is 31.3 Å². The van der Waals surface area contributed by atoms with Crippen molar-refractivity contribution in [2.75, 3.05) is 6.54 Å². The molecular formula is C23H27N3O5S2. The lowest BCUT2D eigenvalue weighted by molar-refractivity contribution is -0.123. The molecule has 1 atom stereocenters. The Morgan fingerprint density at radius 2 is 1.48 bits per heavy atom. The normalized spacial score (nSPS) is 13.2. The molecule has 0 aromatic heterocycles. The summed E-state index contributed by atoms with van der Waals surface area (Å²) in [6.45, 7) is 3.78. The number of benzene rings is 3. The number of hydrogen-bond acceptors (Lipinski definition) is 5. The van der Waals surface area contributed by atoms with Gasteiger partial charge in [0.25, 0.3) is 0 Å². The molecular weight excluding hydrogens is 462 g/mol. The third-order valence-corrected chi connectivity index (χ3v) is 7.60. The van der Waals surface area contributed by atoms with Crippen molar-refractivity contribution in [3.63, 3.8) is 0 Å². The van der Waals surface area contributed by atoms with E-state index in [-0.39, 0.29) is 22.3 Å². The van der Waals surface area contributed by atoms with Gasteiger partial charge in [0, 0.05) is 6.54 Å². The highest BCUT2D eigenvalue weighted by Gasteiger charge is 2.28. The van der Waals surface area contributed by atoms with Gasteiger partial charge in [0.2, 0.25) is 26.0 Å². The molecule has 0 heterocycles. The van der Waals surface area contributed by atoms with E-state index in [1.165, 1.54) is 18.2 Å². The van der Waals surface area contributed by atoms with Gasteiger partial charge in [-0.25, -0.2) is 22.0 Å². The van der Waals surface area contributed by atoms with Gasteiger partial charge in [-0.1, -0.05) is 56.3 Å². The van der Waals surface area contributed by atoms with Crippen molar-refractivity contribution in [1.82, 2.24) is 10.0 Å². The maximum atomic E-state index is 13.0. The number of nitrogens with one attached hydrogen (secondary N) is 2. The first kappa shape index (κ1) is 24.8. The van der Waals surface area contributed by atoms with E-state index in [4.69, 9.17) is 5.14 Å². The number of hydrogen-bond donors (Lipinski definition) is 3. The van der Waals surface area contributed by atoms with Gasteiger partial charge < -0.3 is 5.32 Å². The molecule has 3 aromatic carbocycles. The van der Waals surface area contributed by atoms with Gasteiger partial charge in [-0.15, -0.1) is 0 Å². The number of carbonyl (C=O) groups excluding carboxylic acids is 1. The third-order valence-electron chi connectivity index (χ3n) is 5.23. The standard InChI is InChI=1S/C23H27N3O5S2/c1-16(2)22(23(27)25-14-13-17-7-10-20(11-8-17)32(24,28)29)26-33(30,31)21-12-9-18-5-3-4-6-19(18)15-21/h3-12,15-16,22,26H,13-14H2,1-2H3,(H,25,27)(H2,24,28,29). The van der Waals surface area contributed by atoms with Gasteiger partial charge in [-0.05, 0) is 52.9 Å². The fourth-order valence-electron chi connectivity index (χ4n) is 3.35. The van der Waals surface area contributed by atoms with Crippen molar-refractivity contribution in [2.24, 2.45) is 11.1 Å². The largest absolute Gasteiger partial charge is 0.354 e. The highest BCUT2D eigenvalue weighted by Crippen LogP contribution is 2.20. The lowest BCUT2D eigenvalue weighted by Gasteiger charge is -2.22. The summed E-state index contributed by atoms with van der Waals surface area (Å²) in [4.78, 5) is 12.9. The molecule has 3 aromatic rings. The van der Waals surface area contributed by atoms with Gasteiger partial charge in [-0.3, -0.25) is 4.79 Å². The first-order valence-corrected chi connectivity index (χ1v) is 13.4. The number of nitrogens with two attached hydrogens (primary N) is 1. The zero-order valence-corrected chi connectivity index (χ0v) is 20.0. The van der Waals surface area contributed by atoms with Gasteiger partial charge in [0.1, 0.15) is 6.04 Å². The van der Waals surface area contributed by atoms with Crippen molar-refractivity contribution in [1.29, 1.82) is 0 Å². The Kier molecular flexibility index (Phi) is 7.53. The Labute approximate surface area is 194 Å². The summed E-state index contributed by atoms with van der Waals surface area (Å²) in [6, 6.07) is 17.4. The fourth-order valence-corrected chi connectivity index (χ4v) is 5.24. The van der Waals surface area contributed by atoms with E-state index < -0.39 is 32.0 Å². The maximum Gasteiger partial charge on any atom is 0.241 e. The minimum absolute atomic E-state index is 0.0123. The molecule has 0 radical (unpaired) electrons. The molecule has 10 heteroatoms.